The fourth-order valence-corrected chi connectivity index (χ4v) is 2.73. The molecule has 0 amide bonds. The Balaban J connectivity index is 2.07. The molecule has 0 saturated carbocycles. The lowest BCUT2D eigenvalue weighted by Gasteiger charge is -2.37. The van der Waals surface area contributed by atoms with E-state index >= 15 is 0 Å². The van der Waals surface area contributed by atoms with Gasteiger partial charge in [-0.15, -0.1) is 0 Å². The first-order chi connectivity index (χ1) is 10.2. The standard InChI is InChI=1S/C15H16N4O2/c1-10-7-19(8-12(9-20)21-10)13-3-2-11(6-16)14-15(13)18-5-4-17-14/h2-5,10,12,20H,7-9H2,1H3/t10-,12+/m0/s1. The van der Waals surface area contributed by atoms with Gasteiger partial charge in [0.1, 0.15) is 17.1 Å². The summed E-state index contributed by atoms with van der Waals surface area (Å²) in [4.78, 5) is 10.8. The van der Waals surface area contributed by atoms with E-state index in [1.54, 1.807) is 18.5 Å². The number of ether oxygens (including phenoxy) is 1. The van der Waals surface area contributed by atoms with E-state index in [0.29, 0.717) is 29.7 Å². The van der Waals surface area contributed by atoms with Crippen molar-refractivity contribution in [1.29, 1.82) is 5.26 Å². The van der Waals surface area contributed by atoms with E-state index in [0.717, 1.165) is 5.69 Å². The number of benzene rings is 1. The molecule has 6 heteroatoms. The molecule has 1 aliphatic rings. The number of aliphatic hydroxyl groups is 1. The van der Waals surface area contributed by atoms with E-state index in [-0.39, 0.29) is 18.8 Å². The third-order valence-corrected chi connectivity index (χ3v) is 3.59. The fourth-order valence-electron chi connectivity index (χ4n) is 2.73. The second kappa shape index (κ2) is 5.64. The van der Waals surface area contributed by atoms with Crippen molar-refractivity contribution in [3.05, 3.63) is 30.1 Å². The van der Waals surface area contributed by atoms with Gasteiger partial charge in [-0.1, -0.05) is 0 Å². The zero-order valence-corrected chi connectivity index (χ0v) is 11.7. The van der Waals surface area contributed by atoms with Gasteiger partial charge in [-0.3, -0.25) is 9.97 Å². The van der Waals surface area contributed by atoms with Gasteiger partial charge in [-0.2, -0.15) is 5.26 Å². The van der Waals surface area contributed by atoms with Crippen LogP contribution in [0, 0.1) is 11.3 Å². The van der Waals surface area contributed by atoms with Crippen molar-refractivity contribution >= 4 is 16.7 Å². The summed E-state index contributed by atoms with van der Waals surface area (Å²) in [6.07, 6.45) is 3.03. The molecular weight excluding hydrogens is 268 g/mol. The van der Waals surface area contributed by atoms with E-state index in [9.17, 15) is 10.4 Å². The molecule has 1 fully saturated rings. The van der Waals surface area contributed by atoms with E-state index in [2.05, 4.69) is 20.9 Å². The molecular formula is C15H16N4O2. The van der Waals surface area contributed by atoms with E-state index < -0.39 is 0 Å². The first-order valence-electron chi connectivity index (χ1n) is 6.88. The predicted octanol–water partition coefficient (Wildman–Crippen LogP) is 1.09. The smallest absolute Gasteiger partial charge is 0.113 e. The molecule has 1 aliphatic heterocycles. The topological polar surface area (TPSA) is 82.3 Å². The molecule has 21 heavy (non-hydrogen) atoms. The van der Waals surface area contributed by atoms with Crippen LogP contribution in [0.2, 0.25) is 0 Å². The van der Waals surface area contributed by atoms with Crippen molar-refractivity contribution in [1.82, 2.24) is 9.97 Å². The second-order valence-corrected chi connectivity index (χ2v) is 5.15. The van der Waals surface area contributed by atoms with Crippen LogP contribution in [-0.4, -0.2) is 47.0 Å². The Labute approximate surface area is 122 Å². The van der Waals surface area contributed by atoms with E-state index in [1.165, 1.54) is 0 Å². The molecule has 0 aliphatic carbocycles. The molecule has 0 unspecified atom stereocenters. The van der Waals surface area contributed by atoms with Crippen molar-refractivity contribution in [2.45, 2.75) is 19.1 Å². The monoisotopic (exact) mass is 284 g/mol. The molecule has 0 spiro atoms. The van der Waals surface area contributed by atoms with Gasteiger partial charge in [0.15, 0.2) is 0 Å². The number of rotatable bonds is 2. The summed E-state index contributed by atoms with van der Waals surface area (Å²) in [5.74, 6) is 0. The van der Waals surface area contributed by atoms with Crippen LogP contribution in [0.15, 0.2) is 24.5 Å². The van der Waals surface area contributed by atoms with Crippen molar-refractivity contribution in [2.75, 3.05) is 24.6 Å². The van der Waals surface area contributed by atoms with Gasteiger partial charge < -0.3 is 14.7 Å². The number of fused-ring (bicyclic) bond motifs is 1. The average Bonchev–Trinajstić information content (AvgIpc) is 2.53. The van der Waals surface area contributed by atoms with Gasteiger partial charge in [-0.05, 0) is 19.1 Å². The van der Waals surface area contributed by atoms with Crippen LogP contribution in [0.1, 0.15) is 12.5 Å². The molecule has 108 valence electrons. The number of nitrogens with zero attached hydrogens (tertiary/aromatic N) is 4. The van der Waals surface area contributed by atoms with E-state index in [4.69, 9.17) is 4.74 Å². The minimum atomic E-state index is -0.212. The third-order valence-electron chi connectivity index (χ3n) is 3.59. The zero-order chi connectivity index (χ0) is 14.8. The highest BCUT2D eigenvalue weighted by Crippen LogP contribution is 2.28. The highest BCUT2D eigenvalue weighted by atomic mass is 16.5. The third kappa shape index (κ3) is 2.53. The van der Waals surface area contributed by atoms with Crippen LogP contribution in [0.5, 0.6) is 0 Å². The molecule has 1 aromatic heterocycles. The molecule has 3 rings (SSSR count). The fraction of sp³-hybridized carbons (Fsp3) is 0.400. The molecule has 0 radical (unpaired) electrons. The van der Waals surface area contributed by atoms with Crippen LogP contribution < -0.4 is 4.90 Å². The quantitative estimate of drug-likeness (QED) is 0.889. The van der Waals surface area contributed by atoms with Crippen LogP contribution in [-0.2, 0) is 4.74 Å². The molecule has 2 heterocycles. The number of hydrogen-bond donors (Lipinski definition) is 1. The van der Waals surface area contributed by atoms with Gasteiger partial charge in [0.05, 0.1) is 30.1 Å². The Morgan fingerprint density at radius 1 is 1.33 bits per heavy atom. The average molecular weight is 284 g/mol. The van der Waals surface area contributed by atoms with Crippen molar-refractivity contribution in [3.63, 3.8) is 0 Å². The Bertz CT molecular complexity index is 698. The number of aromatic nitrogens is 2. The summed E-state index contributed by atoms with van der Waals surface area (Å²) in [6.45, 7) is 3.28. The van der Waals surface area contributed by atoms with Gasteiger partial charge >= 0.3 is 0 Å². The molecule has 6 nitrogen and oxygen atoms in total. The molecule has 1 aromatic carbocycles. The molecule has 0 bridgehead atoms. The summed E-state index contributed by atoms with van der Waals surface area (Å²) in [5.41, 5.74) is 2.76. The van der Waals surface area contributed by atoms with Gasteiger partial charge in [0.25, 0.3) is 0 Å². The second-order valence-electron chi connectivity index (χ2n) is 5.15. The van der Waals surface area contributed by atoms with Gasteiger partial charge in [-0.25, -0.2) is 0 Å². The number of morpholine rings is 1. The van der Waals surface area contributed by atoms with Crippen molar-refractivity contribution in [3.8, 4) is 6.07 Å². The minimum absolute atomic E-state index is 0.0132. The van der Waals surface area contributed by atoms with Gasteiger partial charge in [0.2, 0.25) is 0 Å². The maximum Gasteiger partial charge on any atom is 0.113 e. The minimum Gasteiger partial charge on any atom is -0.394 e. The lowest BCUT2D eigenvalue weighted by Crippen LogP contribution is -2.48. The molecule has 2 aromatic rings. The van der Waals surface area contributed by atoms with Crippen LogP contribution in [0.4, 0.5) is 5.69 Å². The summed E-state index contributed by atoms with van der Waals surface area (Å²) in [6, 6.07) is 5.80. The highest BCUT2D eigenvalue weighted by molar-refractivity contribution is 5.91. The Hall–Kier alpha value is -2.23. The van der Waals surface area contributed by atoms with E-state index in [1.807, 2.05) is 13.0 Å². The molecule has 2 atom stereocenters. The molecule has 1 N–H and O–H groups in total. The lowest BCUT2D eigenvalue weighted by molar-refractivity contribution is -0.0420. The SMILES string of the molecule is C[C@H]1CN(c2ccc(C#N)c3nccnc23)C[C@H](CO)O1. The Morgan fingerprint density at radius 2 is 2.10 bits per heavy atom. The first kappa shape index (κ1) is 13.7. The van der Waals surface area contributed by atoms with Crippen molar-refractivity contribution < 1.29 is 9.84 Å². The zero-order valence-electron chi connectivity index (χ0n) is 11.7. The summed E-state index contributed by atoms with van der Waals surface area (Å²) in [7, 11) is 0. The number of anilines is 1. The maximum absolute atomic E-state index is 9.35. The largest absolute Gasteiger partial charge is 0.394 e. The van der Waals surface area contributed by atoms with Crippen LogP contribution in [0.25, 0.3) is 11.0 Å². The lowest BCUT2D eigenvalue weighted by atomic mass is 10.1. The Kier molecular flexibility index (Phi) is 3.69. The highest BCUT2D eigenvalue weighted by Gasteiger charge is 2.26. The summed E-state index contributed by atoms with van der Waals surface area (Å²) >= 11 is 0. The van der Waals surface area contributed by atoms with Crippen molar-refractivity contribution in [2.24, 2.45) is 0 Å². The summed E-state index contributed by atoms with van der Waals surface area (Å²) in [5, 5.41) is 18.5. The molecule has 1 saturated heterocycles. The number of nitriles is 1. The normalized spacial score (nSPS) is 22.2. The Morgan fingerprint density at radius 3 is 2.81 bits per heavy atom. The predicted molar refractivity (Wildman–Crippen MR) is 77.9 cm³/mol. The number of aliphatic hydroxyl groups excluding tert-OH is 1. The van der Waals surface area contributed by atoms with Crippen LogP contribution in [0.3, 0.4) is 0 Å². The van der Waals surface area contributed by atoms with Gasteiger partial charge in [0, 0.05) is 25.5 Å². The number of hydrogen-bond acceptors (Lipinski definition) is 6. The summed E-state index contributed by atoms with van der Waals surface area (Å²) < 4.78 is 5.66. The maximum atomic E-state index is 9.35. The van der Waals surface area contributed by atoms with Crippen LogP contribution >= 0.6 is 0 Å². The first-order valence-corrected chi connectivity index (χ1v) is 6.88.